The number of methoxy groups -OCH3 is 1. The molecule has 31 heavy (non-hydrogen) atoms. The van der Waals surface area contributed by atoms with E-state index in [-0.39, 0.29) is 12.1 Å². The standard InChI is InChI=1S/C23H27F2N3O2S/c1-30-5-4-28-12-20(18-3-2-17(24)11-19(18)25)31-23(28)27-22(29)26-21-15-7-13-6-14(9-15)10-16(21)8-13/h2-3,11-16,21H,4-10H2,1H3,(H,26,29). The molecule has 166 valence electrons. The van der Waals surface area contributed by atoms with Crippen molar-refractivity contribution >= 4 is 17.4 Å². The summed E-state index contributed by atoms with van der Waals surface area (Å²) in [5, 5.41) is 3.19. The summed E-state index contributed by atoms with van der Waals surface area (Å²) in [6.07, 6.45) is 8.00. The molecule has 2 amide bonds. The van der Waals surface area contributed by atoms with Gasteiger partial charge in [0.05, 0.1) is 11.5 Å². The topological polar surface area (TPSA) is 55.6 Å². The summed E-state index contributed by atoms with van der Waals surface area (Å²) >= 11 is 1.22. The van der Waals surface area contributed by atoms with Gasteiger partial charge in [0.25, 0.3) is 0 Å². The molecule has 6 rings (SSSR count). The maximum absolute atomic E-state index is 14.3. The molecular formula is C23H27F2N3O2S. The number of benzene rings is 1. The number of carbonyl (C=O) groups is 1. The summed E-state index contributed by atoms with van der Waals surface area (Å²) in [7, 11) is 1.60. The van der Waals surface area contributed by atoms with Crippen LogP contribution >= 0.6 is 11.3 Å². The monoisotopic (exact) mass is 447 g/mol. The average Bonchev–Trinajstić information content (AvgIpc) is 3.10. The van der Waals surface area contributed by atoms with Crippen LogP contribution in [-0.4, -0.2) is 30.4 Å². The molecule has 1 aromatic heterocycles. The predicted molar refractivity (Wildman–Crippen MR) is 114 cm³/mol. The Morgan fingerprint density at radius 3 is 2.55 bits per heavy atom. The largest absolute Gasteiger partial charge is 0.383 e. The van der Waals surface area contributed by atoms with Gasteiger partial charge in [-0.2, -0.15) is 4.99 Å². The fraction of sp³-hybridized carbons (Fsp3) is 0.565. The highest BCUT2D eigenvalue weighted by molar-refractivity contribution is 7.12. The van der Waals surface area contributed by atoms with Crippen molar-refractivity contribution in [1.82, 2.24) is 9.88 Å². The minimum absolute atomic E-state index is 0.213. The number of thiazole rings is 1. The van der Waals surface area contributed by atoms with Crippen molar-refractivity contribution in [2.45, 2.75) is 44.7 Å². The number of urea groups is 1. The van der Waals surface area contributed by atoms with Crippen LogP contribution in [0.5, 0.6) is 0 Å². The van der Waals surface area contributed by atoms with Gasteiger partial charge in [0.1, 0.15) is 11.6 Å². The number of carbonyl (C=O) groups excluding carboxylic acids is 1. The lowest BCUT2D eigenvalue weighted by Gasteiger charge is -2.54. The number of aromatic nitrogens is 1. The van der Waals surface area contributed by atoms with E-state index in [2.05, 4.69) is 10.3 Å². The zero-order valence-corrected chi connectivity index (χ0v) is 18.3. The van der Waals surface area contributed by atoms with Gasteiger partial charge < -0.3 is 14.6 Å². The third kappa shape index (κ3) is 4.20. The van der Waals surface area contributed by atoms with Gasteiger partial charge in [-0.15, -0.1) is 0 Å². The van der Waals surface area contributed by atoms with Gasteiger partial charge in [0, 0.05) is 37.5 Å². The summed E-state index contributed by atoms with van der Waals surface area (Å²) in [6, 6.07) is 3.38. The Hall–Kier alpha value is -2.06. The van der Waals surface area contributed by atoms with Crippen LogP contribution in [0, 0.1) is 35.3 Å². The number of halogens is 2. The molecule has 4 bridgehead atoms. The Labute approximate surface area is 184 Å². The second kappa shape index (κ2) is 8.47. The number of rotatable bonds is 5. The molecule has 1 heterocycles. The van der Waals surface area contributed by atoms with Crippen molar-refractivity contribution in [3.05, 3.63) is 40.8 Å². The van der Waals surface area contributed by atoms with Crippen LogP contribution in [0.1, 0.15) is 32.1 Å². The molecule has 8 heteroatoms. The van der Waals surface area contributed by atoms with Crippen molar-refractivity contribution in [2.75, 3.05) is 13.7 Å². The number of nitrogens with zero attached hydrogens (tertiary/aromatic N) is 2. The lowest BCUT2D eigenvalue weighted by molar-refractivity contribution is -0.00904. The first-order valence-corrected chi connectivity index (χ1v) is 11.8. The molecule has 0 atom stereocenters. The lowest BCUT2D eigenvalue weighted by Crippen LogP contribution is -2.55. The van der Waals surface area contributed by atoms with E-state index in [4.69, 9.17) is 4.74 Å². The number of hydrogen-bond acceptors (Lipinski definition) is 3. The fourth-order valence-corrected chi connectivity index (χ4v) is 7.10. The Balaban J connectivity index is 1.40. The molecule has 4 aliphatic rings. The summed E-state index contributed by atoms with van der Waals surface area (Å²) in [6.45, 7) is 0.923. The van der Waals surface area contributed by atoms with E-state index in [0.29, 0.717) is 40.2 Å². The van der Waals surface area contributed by atoms with E-state index in [1.165, 1.54) is 55.6 Å². The molecule has 1 N–H and O–H groups in total. The highest BCUT2D eigenvalue weighted by Gasteiger charge is 2.48. The van der Waals surface area contributed by atoms with Gasteiger partial charge in [-0.05, 0) is 67.9 Å². The van der Waals surface area contributed by atoms with E-state index < -0.39 is 11.6 Å². The Bertz CT molecular complexity index is 1020. The molecular weight excluding hydrogens is 420 g/mol. The van der Waals surface area contributed by atoms with Gasteiger partial charge in [0.2, 0.25) is 0 Å². The molecule has 0 aliphatic heterocycles. The summed E-state index contributed by atoms with van der Waals surface area (Å²) < 4.78 is 34.6. The van der Waals surface area contributed by atoms with Crippen LogP contribution in [0.3, 0.4) is 0 Å². The lowest BCUT2D eigenvalue weighted by atomic mass is 9.54. The van der Waals surface area contributed by atoms with E-state index in [9.17, 15) is 13.6 Å². The average molecular weight is 448 g/mol. The van der Waals surface area contributed by atoms with Crippen molar-refractivity contribution in [2.24, 2.45) is 28.7 Å². The minimum atomic E-state index is -0.635. The molecule has 4 aliphatic carbocycles. The highest BCUT2D eigenvalue weighted by atomic mass is 32.1. The maximum Gasteiger partial charge on any atom is 0.343 e. The van der Waals surface area contributed by atoms with E-state index in [0.717, 1.165) is 17.9 Å². The van der Waals surface area contributed by atoms with Crippen molar-refractivity contribution < 1.29 is 18.3 Å². The van der Waals surface area contributed by atoms with Crippen molar-refractivity contribution in [3.63, 3.8) is 0 Å². The molecule has 4 fully saturated rings. The van der Waals surface area contributed by atoms with E-state index in [1.54, 1.807) is 17.9 Å². The quantitative estimate of drug-likeness (QED) is 0.730. The molecule has 1 aromatic carbocycles. The third-order valence-electron chi connectivity index (χ3n) is 7.17. The zero-order valence-electron chi connectivity index (χ0n) is 17.5. The Kier molecular flexibility index (Phi) is 5.69. The van der Waals surface area contributed by atoms with E-state index >= 15 is 0 Å². The summed E-state index contributed by atoms with van der Waals surface area (Å²) in [4.78, 5) is 18.3. The second-order valence-corrected chi connectivity index (χ2v) is 10.2. The molecule has 4 saturated carbocycles. The normalized spacial score (nSPS) is 29.5. The summed E-state index contributed by atoms with van der Waals surface area (Å²) in [5.41, 5.74) is 0.292. The summed E-state index contributed by atoms with van der Waals surface area (Å²) in [5.74, 6) is 1.57. The van der Waals surface area contributed by atoms with Crippen LogP contribution in [0.25, 0.3) is 10.4 Å². The molecule has 0 spiro atoms. The van der Waals surface area contributed by atoms with Crippen LogP contribution < -0.4 is 10.1 Å². The van der Waals surface area contributed by atoms with Gasteiger partial charge in [-0.25, -0.2) is 13.6 Å². The number of amides is 2. The molecule has 0 radical (unpaired) electrons. The van der Waals surface area contributed by atoms with Crippen LogP contribution in [0.4, 0.5) is 13.6 Å². The minimum Gasteiger partial charge on any atom is -0.383 e. The van der Waals surface area contributed by atoms with E-state index in [1.807, 2.05) is 0 Å². The molecule has 0 saturated heterocycles. The van der Waals surface area contributed by atoms with Crippen LogP contribution in [0.2, 0.25) is 0 Å². The van der Waals surface area contributed by atoms with Gasteiger partial charge in [-0.3, -0.25) is 0 Å². The Morgan fingerprint density at radius 2 is 1.90 bits per heavy atom. The predicted octanol–water partition coefficient (Wildman–Crippen LogP) is 4.58. The number of hydrogen-bond donors (Lipinski definition) is 1. The molecule has 5 nitrogen and oxygen atoms in total. The maximum atomic E-state index is 14.3. The molecule has 2 aromatic rings. The van der Waals surface area contributed by atoms with Gasteiger partial charge in [-0.1, -0.05) is 11.3 Å². The highest BCUT2D eigenvalue weighted by Crippen LogP contribution is 2.53. The zero-order chi connectivity index (χ0) is 21.5. The second-order valence-electron chi connectivity index (χ2n) is 9.21. The Morgan fingerprint density at radius 1 is 1.19 bits per heavy atom. The molecule has 0 unspecified atom stereocenters. The third-order valence-corrected chi connectivity index (χ3v) is 8.22. The first kappa shape index (κ1) is 20.8. The van der Waals surface area contributed by atoms with Gasteiger partial charge in [0.15, 0.2) is 4.80 Å². The SMILES string of the molecule is COCCn1cc(-c2ccc(F)cc2F)sc1=NC(=O)NC1C2CC3CC(C2)CC1C3. The smallest absolute Gasteiger partial charge is 0.343 e. The van der Waals surface area contributed by atoms with Crippen LogP contribution in [0.15, 0.2) is 29.4 Å². The first-order chi connectivity index (χ1) is 15.0. The van der Waals surface area contributed by atoms with Crippen LogP contribution in [-0.2, 0) is 11.3 Å². The number of nitrogens with one attached hydrogen (secondary N) is 1. The van der Waals surface area contributed by atoms with Gasteiger partial charge >= 0.3 is 6.03 Å². The number of ether oxygens (including phenoxy) is 1. The van der Waals surface area contributed by atoms with Crippen molar-refractivity contribution in [3.8, 4) is 10.4 Å². The first-order valence-electron chi connectivity index (χ1n) is 11.0. The fourth-order valence-electron chi connectivity index (χ4n) is 6.05. The van der Waals surface area contributed by atoms with Crippen molar-refractivity contribution in [1.29, 1.82) is 0 Å².